The number of rotatable bonds is 10. The number of nitro benzene ring substituents is 1. The number of esters is 1. The summed E-state index contributed by atoms with van der Waals surface area (Å²) in [4.78, 5) is 87.2. The lowest BCUT2D eigenvalue weighted by Crippen LogP contribution is -2.71. The number of nitrogens with one attached hydrogen (secondary N) is 3. The summed E-state index contributed by atoms with van der Waals surface area (Å²) in [5.41, 5.74) is -0.730. The minimum Gasteiger partial charge on any atom is -0.477 e. The van der Waals surface area contributed by atoms with Crippen LogP contribution in [0.1, 0.15) is 28.9 Å². The predicted octanol–water partition coefficient (Wildman–Crippen LogP) is 0.847. The molecule has 0 aliphatic carbocycles. The molecule has 0 saturated carbocycles. The van der Waals surface area contributed by atoms with Gasteiger partial charge in [-0.25, -0.2) is 4.79 Å². The molecule has 3 aromatic rings. The quantitative estimate of drug-likeness (QED) is 0.106. The zero-order chi connectivity index (χ0) is 32.4. The van der Waals surface area contributed by atoms with E-state index in [9.17, 15) is 44.0 Å². The van der Waals surface area contributed by atoms with Crippen LogP contribution in [-0.2, 0) is 23.9 Å². The molecule has 0 radical (unpaired) electrons. The molecule has 2 aromatic carbocycles. The molecule has 232 valence electrons. The maximum absolute atomic E-state index is 13.6. The second-order valence-electron chi connectivity index (χ2n) is 9.88. The van der Waals surface area contributed by atoms with E-state index in [1.54, 1.807) is 30.3 Å². The standard InChI is InChI=1S/C28H24N6O10S/c1-14(35)44-12-16-13-45-27-21(26(39)33(27)22(16)28(40)41)30-25(38)20(15-5-3-2-4-6-15)29-23(36)19-11-32(31-24(19)37)17-7-9-18(10-8-17)34(42)43/h2-11,20-21,27H,12-13H2,1H3,(H,29,36)(H,30,38)(H,31,37)(H,40,41)/t20?,21-,27+/m1/s1. The molecule has 2 aliphatic heterocycles. The van der Waals surface area contributed by atoms with Gasteiger partial charge in [-0.15, -0.1) is 11.8 Å². The van der Waals surface area contributed by atoms with Gasteiger partial charge >= 0.3 is 11.9 Å². The third-order valence-corrected chi connectivity index (χ3v) is 8.32. The fraction of sp³-hybridized carbons (Fsp3) is 0.214. The molecule has 1 saturated heterocycles. The van der Waals surface area contributed by atoms with E-state index < -0.39 is 57.6 Å². The number of nitrogens with zero attached hydrogens (tertiary/aromatic N) is 3. The van der Waals surface area contributed by atoms with Crippen molar-refractivity contribution in [3.63, 3.8) is 0 Å². The number of carboxylic acid groups (broad SMARTS) is 1. The Kier molecular flexibility index (Phi) is 8.53. The largest absolute Gasteiger partial charge is 0.477 e. The van der Waals surface area contributed by atoms with Crippen molar-refractivity contribution in [2.75, 3.05) is 12.4 Å². The molecule has 3 atom stereocenters. The summed E-state index contributed by atoms with van der Waals surface area (Å²) in [7, 11) is 0. The first-order valence-corrected chi connectivity index (χ1v) is 14.3. The SMILES string of the molecule is CC(=O)OCC1=C(C(=O)O)N2C(=O)[C@@H](NC(=O)C(NC(=O)c3cn(-c4ccc([N+](=O)[O-])cc4)[nH]c3=O)c3ccccc3)[C@@H]2SC1. The number of amides is 3. The summed E-state index contributed by atoms with van der Waals surface area (Å²) in [6.45, 7) is 0.872. The maximum Gasteiger partial charge on any atom is 0.352 e. The van der Waals surface area contributed by atoms with Crippen LogP contribution in [0, 0.1) is 10.1 Å². The number of carboxylic acids is 1. The number of nitro groups is 1. The van der Waals surface area contributed by atoms with Crippen molar-refractivity contribution in [1.29, 1.82) is 0 Å². The Hall–Kier alpha value is -5.71. The van der Waals surface area contributed by atoms with E-state index in [-0.39, 0.29) is 34.9 Å². The summed E-state index contributed by atoms with van der Waals surface area (Å²) < 4.78 is 6.12. The van der Waals surface area contributed by atoms with Gasteiger partial charge in [-0.3, -0.25) is 48.8 Å². The van der Waals surface area contributed by atoms with Gasteiger partial charge in [-0.2, -0.15) is 0 Å². The van der Waals surface area contributed by atoms with Crippen LogP contribution < -0.4 is 16.2 Å². The monoisotopic (exact) mass is 636 g/mol. The minimum atomic E-state index is -1.39. The van der Waals surface area contributed by atoms with Crippen molar-refractivity contribution in [2.24, 2.45) is 0 Å². The van der Waals surface area contributed by atoms with E-state index in [1.807, 2.05) is 0 Å². The number of thioether (sulfide) groups is 1. The highest BCUT2D eigenvalue weighted by molar-refractivity contribution is 8.00. The van der Waals surface area contributed by atoms with Crippen LogP contribution in [0.4, 0.5) is 5.69 Å². The Morgan fingerprint density at radius 2 is 1.82 bits per heavy atom. The first-order valence-electron chi connectivity index (χ1n) is 13.2. The molecule has 1 unspecified atom stereocenters. The fourth-order valence-electron chi connectivity index (χ4n) is 4.80. The Morgan fingerprint density at radius 1 is 1.13 bits per heavy atom. The van der Waals surface area contributed by atoms with Gasteiger partial charge in [-0.05, 0) is 17.7 Å². The normalized spacial score (nSPS) is 17.9. The zero-order valence-electron chi connectivity index (χ0n) is 23.3. The lowest BCUT2D eigenvalue weighted by molar-refractivity contribution is -0.384. The molecule has 5 rings (SSSR count). The fourth-order valence-corrected chi connectivity index (χ4v) is 6.13. The van der Waals surface area contributed by atoms with Crippen LogP contribution in [0.3, 0.4) is 0 Å². The average molecular weight is 637 g/mol. The van der Waals surface area contributed by atoms with Gasteiger partial charge in [-0.1, -0.05) is 30.3 Å². The number of hydrogen-bond acceptors (Lipinski definition) is 10. The van der Waals surface area contributed by atoms with E-state index in [4.69, 9.17) is 4.74 Å². The molecular weight excluding hydrogens is 612 g/mol. The maximum atomic E-state index is 13.6. The summed E-state index contributed by atoms with van der Waals surface area (Å²) in [6, 6.07) is 10.8. The smallest absolute Gasteiger partial charge is 0.352 e. The van der Waals surface area contributed by atoms with Gasteiger partial charge in [0.2, 0.25) is 5.91 Å². The number of aromatic nitrogens is 2. The van der Waals surface area contributed by atoms with E-state index in [1.165, 1.54) is 53.8 Å². The predicted molar refractivity (Wildman–Crippen MR) is 156 cm³/mol. The van der Waals surface area contributed by atoms with Crippen molar-refractivity contribution < 1.29 is 38.7 Å². The summed E-state index contributed by atoms with van der Waals surface area (Å²) in [6.07, 6.45) is 1.18. The van der Waals surface area contributed by atoms with Crippen molar-refractivity contribution in [3.8, 4) is 5.69 Å². The van der Waals surface area contributed by atoms with Crippen LogP contribution in [-0.4, -0.2) is 78.1 Å². The molecule has 0 bridgehead atoms. The minimum absolute atomic E-state index is 0.128. The highest BCUT2D eigenvalue weighted by Gasteiger charge is 2.54. The van der Waals surface area contributed by atoms with Crippen LogP contribution in [0.5, 0.6) is 0 Å². The third kappa shape index (κ3) is 6.19. The number of H-pyrrole nitrogens is 1. The first-order chi connectivity index (χ1) is 21.5. The van der Waals surface area contributed by atoms with Crippen LogP contribution in [0.15, 0.2) is 76.9 Å². The molecule has 45 heavy (non-hydrogen) atoms. The number of hydrogen-bond donors (Lipinski definition) is 4. The summed E-state index contributed by atoms with van der Waals surface area (Å²) >= 11 is 1.18. The topological polar surface area (TPSA) is 223 Å². The number of fused-ring (bicyclic) bond motifs is 1. The van der Waals surface area contributed by atoms with Gasteiger partial charge in [0, 0.05) is 36.6 Å². The van der Waals surface area contributed by atoms with E-state index in [0.717, 1.165) is 4.90 Å². The number of β-lactam (4-membered cyclic amide) rings is 1. The Morgan fingerprint density at radius 3 is 2.44 bits per heavy atom. The highest BCUT2D eigenvalue weighted by atomic mass is 32.2. The number of aliphatic carboxylic acids is 1. The lowest BCUT2D eigenvalue weighted by Gasteiger charge is -2.49. The van der Waals surface area contributed by atoms with Crippen molar-refractivity contribution in [3.05, 3.63) is 104 Å². The Bertz CT molecular complexity index is 1800. The molecule has 4 N–H and O–H groups in total. The Labute approximate surface area is 257 Å². The summed E-state index contributed by atoms with van der Waals surface area (Å²) in [5, 5.41) is 27.5. The van der Waals surface area contributed by atoms with Crippen molar-refractivity contribution >= 4 is 47.1 Å². The van der Waals surface area contributed by atoms with Gasteiger partial charge in [0.25, 0.3) is 23.1 Å². The molecular formula is C28H24N6O10S. The Balaban J connectivity index is 1.34. The van der Waals surface area contributed by atoms with Crippen LogP contribution in [0.25, 0.3) is 5.69 Å². The third-order valence-electron chi connectivity index (χ3n) is 6.98. The summed E-state index contributed by atoms with van der Waals surface area (Å²) in [5.74, 6) is -4.28. The second kappa shape index (κ2) is 12.5. The molecule has 17 heteroatoms. The number of carbonyl (C=O) groups excluding carboxylic acids is 4. The van der Waals surface area contributed by atoms with Crippen LogP contribution >= 0.6 is 11.8 Å². The van der Waals surface area contributed by atoms with Crippen molar-refractivity contribution in [1.82, 2.24) is 25.3 Å². The molecule has 1 aromatic heterocycles. The second-order valence-corrected chi connectivity index (χ2v) is 11.0. The van der Waals surface area contributed by atoms with Crippen LogP contribution in [0.2, 0.25) is 0 Å². The number of carbonyl (C=O) groups is 5. The van der Waals surface area contributed by atoms with Crippen molar-refractivity contribution in [2.45, 2.75) is 24.4 Å². The number of aromatic amines is 1. The van der Waals surface area contributed by atoms with E-state index in [2.05, 4.69) is 15.7 Å². The van der Waals surface area contributed by atoms with Gasteiger partial charge in [0.15, 0.2) is 0 Å². The molecule has 0 spiro atoms. The number of benzene rings is 2. The number of ether oxygens (including phenoxy) is 1. The van der Waals surface area contributed by atoms with E-state index >= 15 is 0 Å². The van der Waals surface area contributed by atoms with Gasteiger partial charge < -0.3 is 20.5 Å². The zero-order valence-corrected chi connectivity index (χ0v) is 24.1. The molecule has 3 heterocycles. The highest BCUT2D eigenvalue weighted by Crippen LogP contribution is 2.40. The van der Waals surface area contributed by atoms with Gasteiger partial charge in [0.1, 0.15) is 35.3 Å². The molecule has 1 fully saturated rings. The molecule has 16 nitrogen and oxygen atoms in total. The van der Waals surface area contributed by atoms with E-state index in [0.29, 0.717) is 11.3 Å². The lowest BCUT2D eigenvalue weighted by atomic mass is 10.0. The van der Waals surface area contributed by atoms with Gasteiger partial charge in [0.05, 0.1) is 10.6 Å². The molecule has 3 amide bonds. The molecule has 2 aliphatic rings. The first kappa shape index (κ1) is 30.7. The average Bonchev–Trinajstić information content (AvgIpc) is 3.42. The number of non-ortho nitro benzene ring substituents is 1.